The Balaban J connectivity index is 1.28. The van der Waals surface area contributed by atoms with Crippen molar-refractivity contribution in [2.75, 3.05) is 9.80 Å². The number of nitrogens with zero attached hydrogens (tertiary/aromatic N) is 2. The van der Waals surface area contributed by atoms with Crippen LogP contribution in [0, 0.1) is 0 Å². The van der Waals surface area contributed by atoms with Gasteiger partial charge in [-0.25, -0.2) is 0 Å². The monoisotopic (exact) mass is 720 g/mol. The smallest absolute Gasteiger partial charge is 0.159 e. The summed E-state index contributed by atoms with van der Waals surface area (Å²) in [4.78, 5) is 4.71. The molecule has 1 aliphatic rings. The van der Waals surface area contributed by atoms with Crippen LogP contribution >= 0.6 is 22.9 Å². The molecule has 0 spiro atoms. The standard InChI is InChI=1S/C48H33ClN2OS/c49-34-28-42-40-21-11-13-23-46(40)53-48(42)44(29-34)51(37-26-24-33(25-27-37)32-14-4-1-5-15-32)38-30-41-39-20-10-12-22-45(39)52-47(41)43(31-38)50(35-16-6-2-7-17-35)36-18-8-3-9-19-36/h1-2,4-8,10-31H,3,9H2. The number of fused-ring (bicyclic) bond motifs is 6. The molecule has 0 amide bonds. The summed E-state index contributed by atoms with van der Waals surface area (Å²) in [6, 6.07) is 55.7. The van der Waals surface area contributed by atoms with Crippen molar-refractivity contribution in [2.24, 2.45) is 0 Å². The van der Waals surface area contributed by atoms with Gasteiger partial charge < -0.3 is 14.2 Å². The van der Waals surface area contributed by atoms with Gasteiger partial charge in [-0.15, -0.1) is 11.3 Å². The van der Waals surface area contributed by atoms with Crippen molar-refractivity contribution >= 4 is 93.5 Å². The Morgan fingerprint density at radius 3 is 2.02 bits per heavy atom. The number of anilines is 5. The van der Waals surface area contributed by atoms with Crippen LogP contribution in [-0.2, 0) is 0 Å². The molecule has 0 bridgehead atoms. The Morgan fingerprint density at radius 2 is 1.23 bits per heavy atom. The Morgan fingerprint density at radius 1 is 0.528 bits per heavy atom. The van der Waals surface area contributed by atoms with Crippen LogP contribution in [0.1, 0.15) is 12.8 Å². The Hall–Kier alpha value is -6.07. The summed E-state index contributed by atoms with van der Waals surface area (Å²) in [7, 11) is 0. The molecule has 0 fully saturated rings. The fourth-order valence-corrected chi connectivity index (χ4v) is 9.06. The van der Waals surface area contributed by atoms with Crippen LogP contribution in [-0.4, -0.2) is 0 Å². The maximum absolute atomic E-state index is 7.06. The lowest BCUT2D eigenvalue weighted by Gasteiger charge is -2.31. The van der Waals surface area contributed by atoms with E-state index in [1.807, 2.05) is 6.07 Å². The van der Waals surface area contributed by atoms with Crippen LogP contribution < -0.4 is 9.80 Å². The number of thiophene rings is 1. The van der Waals surface area contributed by atoms with Crippen molar-refractivity contribution in [3.05, 3.63) is 187 Å². The molecule has 0 saturated carbocycles. The minimum Gasteiger partial charge on any atom is -0.454 e. The van der Waals surface area contributed by atoms with E-state index in [2.05, 4.69) is 180 Å². The molecular formula is C48H33ClN2OS. The topological polar surface area (TPSA) is 19.6 Å². The lowest BCUT2D eigenvalue weighted by molar-refractivity contribution is 0.668. The van der Waals surface area contributed by atoms with Crippen molar-refractivity contribution in [1.82, 2.24) is 0 Å². The molecule has 7 aromatic carbocycles. The quantitative estimate of drug-likeness (QED) is 0.163. The first-order valence-electron chi connectivity index (χ1n) is 17.9. The van der Waals surface area contributed by atoms with E-state index in [9.17, 15) is 0 Å². The van der Waals surface area contributed by atoms with Crippen molar-refractivity contribution in [3.8, 4) is 11.1 Å². The van der Waals surface area contributed by atoms with Crippen LogP contribution in [0.15, 0.2) is 186 Å². The van der Waals surface area contributed by atoms with E-state index in [0.29, 0.717) is 5.02 Å². The van der Waals surface area contributed by atoms with Crippen LogP contribution in [0.2, 0.25) is 5.02 Å². The van der Waals surface area contributed by atoms with E-state index in [1.165, 1.54) is 20.3 Å². The number of para-hydroxylation sites is 2. The van der Waals surface area contributed by atoms with Crippen molar-refractivity contribution in [1.29, 1.82) is 0 Å². The van der Waals surface area contributed by atoms with Gasteiger partial charge in [-0.2, -0.15) is 0 Å². The van der Waals surface area contributed by atoms with Crippen LogP contribution in [0.4, 0.5) is 28.4 Å². The van der Waals surface area contributed by atoms with E-state index in [0.717, 1.165) is 79.9 Å². The molecule has 254 valence electrons. The average molecular weight is 721 g/mol. The zero-order chi connectivity index (χ0) is 35.3. The van der Waals surface area contributed by atoms with Gasteiger partial charge in [0.25, 0.3) is 0 Å². The largest absolute Gasteiger partial charge is 0.454 e. The van der Waals surface area contributed by atoms with Crippen LogP contribution in [0.3, 0.4) is 0 Å². The molecule has 2 heterocycles. The second-order valence-corrected chi connectivity index (χ2v) is 14.9. The number of furan rings is 1. The van der Waals surface area contributed by atoms with Gasteiger partial charge in [-0.05, 0) is 90.7 Å². The molecule has 53 heavy (non-hydrogen) atoms. The van der Waals surface area contributed by atoms with E-state index < -0.39 is 0 Å². The summed E-state index contributed by atoms with van der Waals surface area (Å²) in [6.07, 6.45) is 8.82. The summed E-state index contributed by atoms with van der Waals surface area (Å²) >= 11 is 8.87. The minimum atomic E-state index is 0.695. The van der Waals surface area contributed by atoms with Crippen molar-refractivity contribution in [3.63, 3.8) is 0 Å². The molecule has 3 nitrogen and oxygen atoms in total. The molecule has 0 radical (unpaired) electrons. The molecule has 1 aliphatic carbocycles. The number of hydrogen-bond acceptors (Lipinski definition) is 4. The number of allylic oxidation sites excluding steroid dienone is 3. The molecule has 0 atom stereocenters. The molecule has 0 saturated heterocycles. The molecule has 0 unspecified atom stereocenters. The fourth-order valence-electron chi connectivity index (χ4n) is 7.66. The third kappa shape index (κ3) is 5.59. The molecule has 0 aliphatic heterocycles. The Kier molecular flexibility index (Phi) is 7.86. The van der Waals surface area contributed by atoms with Gasteiger partial charge in [0.1, 0.15) is 5.58 Å². The fraction of sp³-hybridized carbons (Fsp3) is 0.0417. The maximum atomic E-state index is 7.06. The van der Waals surface area contributed by atoms with Gasteiger partial charge in [-0.3, -0.25) is 0 Å². The van der Waals surface area contributed by atoms with Gasteiger partial charge in [0.05, 0.1) is 16.1 Å². The predicted octanol–water partition coefficient (Wildman–Crippen LogP) is 15.1. The lowest BCUT2D eigenvalue weighted by atomic mass is 10.0. The van der Waals surface area contributed by atoms with Gasteiger partial charge >= 0.3 is 0 Å². The van der Waals surface area contributed by atoms with Crippen LogP contribution in [0.5, 0.6) is 0 Å². The highest BCUT2D eigenvalue weighted by Gasteiger charge is 2.26. The number of rotatable bonds is 7. The summed E-state index contributed by atoms with van der Waals surface area (Å²) in [5.41, 5.74) is 10.3. The molecule has 5 heteroatoms. The third-order valence-corrected chi connectivity index (χ3v) is 11.5. The molecular weight excluding hydrogens is 688 g/mol. The second-order valence-electron chi connectivity index (χ2n) is 13.4. The summed E-state index contributed by atoms with van der Waals surface area (Å²) in [6.45, 7) is 0. The number of hydrogen-bond donors (Lipinski definition) is 0. The van der Waals surface area contributed by atoms with Crippen molar-refractivity contribution < 1.29 is 4.42 Å². The second kappa shape index (κ2) is 13.2. The SMILES string of the molecule is Clc1cc(N(c2ccc(-c3ccccc3)cc2)c2cc(N(C3=CCCC=C3)c3ccccc3)c3oc4ccccc4c3c2)c2sc3ccccc3c2c1. The number of halogens is 1. The molecule has 2 aromatic heterocycles. The van der Waals surface area contributed by atoms with Crippen LogP contribution in [0.25, 0.3) is 53.2 Å². The maximum Gasteiger partial charge on any atom is 0.159 e. The van der Waals surface area contributed by atoms with Gasteiger partial charge in [0.15, 0.2) is 5.58 Å². The first-order chi connectivity index (χ1) is 26.2. The summed E-state index contributed by atoms with van der Waals surface area (Å²) in [5, 5.41) is 5.18. The molecule has 9 aromatic rings. The van der Waals surface area contributed by atoms with E-state index in [1.54, 1.807) is 11.3 Å². The zero-order valence-electron chi connectivity index (χ0n) is 28.7. The van der Waals surface area contributed by atoms with E-state index in [4.69, 9.17) is 16.0 Å². The van der Waals surface area contributed by atoms with E-state index in [-0.39, 0.29) is 0 Å². The van der Waals surface area contributed by atoms with Gasteiger partial charge in [0.2, 0.25) is 0 Å². The predicted molar refractivity (Wildman–Crippen MR) is 227 cm³/mol. The summed E-state index contributed by atoms with van der Waals surface area (Å²) in [5.74, 6) is 0. The average Bonchev–Trinajstić information content (AvgIpc) is 3.78. The van der Waals surface area contributed by atoms with E-state index >= 15 is 0 Å². The van der Waals surface area contributed by atoms with Crippen molar-refractivity contribution in [2.45, 2.75) is 12.8 Å². The summed E-state index contributed by atoms with van der Waals surface area (Å²) < 4.78 is 9.20. The lowest BCUT2D eigenvalue weighted by Crippen LogP contribution is -2.17. The van der Waals surface area contributed by atoms with Gasteiger partial charge in [-0.1, -0.05) is 121 Å². The number of benzene rings is 7. The normalized spacial score (nSPS) is 12.9. The first kappa shape index (κ1) is 31.6. The third-order valence-electron chi connectivity index (χ3n) is 10.1. The molecule has 10 rings (SSSR count). The molecule has 0 N–H and O–H groups in total. The van der Waals surface area contributed by atoms with Gasteiger partial charge in [0, 0.05) is 54.0 Å². The Bertz CT molecular complexity index is 2850. The zero-order valence-corrected chi connectivity index (χ0v) is 30.3. The minimum absolute atomic E-state index is 0.695. The Labute approximate surface area is 316 Å². The highest BCUT2D eigenvalue weighted by Crippen LogP contribution is 2.50. The first-order valence-corrected chi connectivity index (χ1v) is 19.1. The highest BCUT2D eigenvalue weighted by molar-refractivity contribution is 7.26. The highest BCUT2D eigenvalue weighted by atomic mass is 35.5.